The van der Waals surface area contributed by atoms with Crippen LogP contribution in [0.15, 0.2) is 59.5 Å². The van der Waals surface area contributed by atoms with Gasteiger partial charge in [0.15, 0.2) is 6.29 Å². The zero-order valence-electron chi connectivity index (χ0n) is 22.7. The Labute approximate surface area is 230 Å². The lowest BCUT2D eigenvalue weighted by atomic mass is 10.0. The molecule has 0 saturated carbocycles. The molecule has 3 N–H and O–H groups in total. The van der Waals surface area contributed by atoms with Gasteiger partial charge >= 0.3 is 6.09 Å². The van der Waals surface area contributed by atoms with E-state index in [1.807, 2.05) is 44.2 Å². The molecule has 0 radical (unpaired) electrons. The molecule has 0 aromatic heterocycles. The van der Waals surface area contributed by atoms with Crippen molar-refractivity contribution in [2.24, 2.45) is 11.8 Å². The molecule has 11 heteroatoms. The molecule has 2 aromatic rings. The summed E-state index contributed by atoms with van der Waals surface area (Å²) >= 11 is 0. The van der Waals surface area contributed by atoms with Crippen molar-refractivity contribution >= 4 is 21.8 Å². The standard InChI is InChI=1S/C28H39N3O7S/c1-19(2)16-31(39(34,35)22-11-9-21(29-3)10-12-22)17-25(32)24(15-20-7-5-4-6-8-20)30-28(33)38-26-18-37-27-23(26)13-14-36-27/h4-12,19,23-27,29,32H,13-18H2,1-3H3,(H,30,33)/t23-,24-,25+,26-,27+/m0/s1. The highest BCUT2D eigenvalue weighted by molar-refractivity contribution is 7.89. The van der Waals surface area contributed by atoms with E-state index in [0.29, 0.717) is 13.0 Å². The number of rotatable bonds is 12. The number of carbonyl (C=O) groups is 1. The molecule has 2 saturated heterocycles. The van der Waals surface area contributed by atoms with Crippen LogP contribution in [0, 0.1) is 11.8 Å². The number of benzene rings is 2. The maximum atomic E-state index is 13.6. The van der Waals surface area contributed by atoms with E-state index in [-0.39, 0.29) is 42.7 Å². The molecular weight excluding hydrogens is 522 g/mol. The summed E-state index contributed by atoms with van der Waals surface area (Å²) in [6.45, 7) is 4.65. The van der Waals surface area contributed by atoms with Crippen LogP contribution >= 0.6 is 0 Å². The van der Waals surface area contributed by atoms with Gasteiger partial charge in [-0.25, -0.2) is 13.2 Å². The van der Waals surface area contributed by atoms with Gasteiger partial charge in [-0.05, 0) is 48.6 Å². The summed E-state index contributed by atoms with van der Waals surface area (Å²) in [4.78, 5) is 13.1. The van der Waals surface area contributed by atoms with Crippen molar-refractivity contribution < 1.29 is 32.5 Å². The molecule has 2 aliphatic rings. The summed E-state index contributed by atoms with van der Waals surface area (Å²) in [5.74, 6) is -0.00721. The predicted octanol–water partition coefficient (Wildman–Crippen LogP) is 2.83. The molecule has 0 unspecified atom stereocenters. The molecule has 1 amide bonds. The lowest BCUT2D eigenvalue weighted by Crippen LogP contribution is -2.51. The van der Waals surface area contributed by atoms with E-state index < -0.39 is 34.4 Å². The summed E-state index contributed by atoms with van der Waals surface area (Å²) in [5, 5.41) is 17.2. The Morgan fingerprint density at radius 2 is 1.82 bits per heavy atom. The maximum absolute atomic E-state index is 13.6. The van der Waals surface area contributed by atoms with Crippen LogP contribution in [-0.4, -0.2) is 81.8 Å². The van der Waals surface area contributed by atoms with E-state index in [4.69, 9.17) is 14.2 Å². The second-order valence-corrected chi connectivity index (χ2v) is 12.4. The number of fused-ring (bicyclic) bond motifs is 1. The Morgan fingerprint density at radius 3 is 2.49 bits per heavy atom. The summed E-state index contributed by atoms with van der Waals surface area (Å²) in [6, 6.07) is 15.1. The third kappa shape index (κ3) is 7.49. The fourth-order valence-corrected chi connectivity index (χ4v) is 6.60. The van der Waals surface area contributed by atoms with Crippen molar-refractivity contribution in [1.29, 1.82) is 0 Å². The molecule has 2 aliphatic heterocycles. The second-order valence-electron chi connectivity index (χ2n) is 10.5. The van der Waals surface area contributed by atoms with Gasteiger partial charge in [0.25, 0.3) is 0 Å². The van der Waals surface area contributed by atoms with Crippen molar-refractivity contribution in [1.82, 2.24) is 9.62 Å². The van der Waals surface area contributed by atoms with Crippen molar-refractivity contribution in [2.45, 2.75) is 56.1 Å². The van der Waals surface area contributed by atoms with Crippen LogP contribution in [0.5, 0.6) is 0 Å². The van der Waals surface area contributed by atoms with E-state index in [0.717, 1.165) is 17.7 Å². The topological polar surface area (TPSA) is 126 Å². The highest BCUT2D eigenvalue weighted by Crippen LogP contribution is 2.33. The molecule has 4 rings (SSSR count). The first-order valence-corrected chi connectivity index (χ1v) is 14.8. The van der Waals surface area contributed by atoms with Crippen LogP contribution in [0.25, 0.3) is 0 Å². The second kappa shape index (κ2) is 13.1. The van der Waals surface area contributed by atoms with Gasteiger partial charge in [-0.15, -0.1) is 0 Å². The highest BCUT2D eigenvalue weighted by Gasteiger charge is 2.44. The third-order valence-corrected chi connectivity index (χ3v) is 8.90. The smallest absolute Gasteiger partial charge is 0.407 e. The van der Waals surface area contributed by atoms with Gasteiger partial charge in [0.1, 0.15) is 6.10 Å². The number of hydrogen-bond acceptors (Lipinski definition) is 8. The molecule has 2 aromatic carbocycles. The summed E-state index contributed by atoms with van der Waals surface area (Å²) in [5.41, 5.74) is 1.68. The summed E-state index contributed by atoms with van der Waals surface area (Å²) in [7, 11) is -2.15. The van der Waals surface area contributed by atoms with E-state index in [1.54, 1.807) is 31.3 Å². The molecule has 0 aliphatic carbocycles. The monoisotopic (exact) mass is 561 g/mol. The number of amides is 1. The largest absolute Gasteiger partial charge is 0.443 e. The van der Waals surface area contributed by atoms with Gasteiger partial charge in [0.05, 0.1) is 36.2 Å². The van der Waals surface area contributed by atoms with Gasteiger partial charge in [-0.2, -0.15) is 4.31 Å². The van der Waals surface area contributed by atoms with E-state index in [1.165, 1.54) is 4.31 Å². The number of ether oxygens (including phenoxy) is 3. The van der Waals surface area contributed by atoms with Gasteiger partial charge in [-0.1, -0.05) is 44.2 Å². The average molecular weight is 562 g/mol. The Balaban J connectivity index is 1.51. The quantitative estimate of drug-likeness (QED) is 0.361. The summed E-state index contributed by atoms with van der Waals surface area (Å²) in [6.07, 6.45) is -1.64. The van der Waals surface area contributed by atoms with Crippen LogP contribution < -0.4 is 10.6 Å². The fourth-order valence-electron chi connectivity index (χ4n) is 4.98. The minimum Gasteiger partial charge on any atom is -0.443 e. The van der Waals surface area contributed by atoms with Crippen molar-refractivity contribution in [3.8, 4) is 0 Å². The number of alkyl carbamates (subject to hydrolysis) is 1. The fraction of sp³-hybridized carbons (Fsp3) is 0.536. The van der Waals surface area contributed by atoms with Crippen LogP contribution in [0.4, 0.5) is 10.5 Å². The molecule has 5 atom stereocenters. The minimum absolute atomic E-state index is 0.0120. The van der Waals surface area contributed by atoms with Gasteiger partial charge in [0, 0.05) is 25.8 Å². The Morgan fingerprint density at radius 1 is 1.10 bits per heavy atom. The zero-order valence-corrected chi connectivity index (χ0v) is 23.5. The van der Waals surface area contributed by atoms with E-state index in [9.17, 15) is 18.3 Å². The molecule has 0 spiro atoms. The van der Waals surface area contributed by atoms with Gasteiger partial charge in [-0.3, -0.25) is 0 Å². The van der Waals surface area contributed by atoms with Gasteiger partial charge in [0.2, 0.25) is 10.0 Å². The lowest BCUT2D eigenvalue weighted by molar-refractivity contribution is -0.0907. The molecule has 39 heavy (non-hydrogen) atoms. The molecular formula is C28H39N3O7S. The number of aliphatic hydroxyl groups is 1. The van der Waals surface area contributed by atoms with E-state index in [2.05, 4.69) is 10.6 Å². The minimum atomic E-state index is -3.91. The first kappa shape index (κ1) is 29.3. The summed E-state index contributed by atoms with van der Waals surface area (Å²) < 4.78 is 45.2. The Kier molecular flexibility index (Phi) is 9.84. The van der Waals surface area contributed by atoms with Gasteiger partial charge < -0.3 is 30.0 Å². The maximum Gasteiger partial charge on any atom is 0.407 e. The Bertz CT molecular complexity index is 1180. The zero-order chi connectivity index (χ0) is 28.0. The number of carbonyl (C=O) groups excluding carboxylic acids is 1. The number of sulfonamides is 1. The number of aliphatic hydroxyl groups excluding tert-OH is 1. The first-order valence-electron chi connectivity index (χ1n) is 13.4. The molecule has 2 heterocycles. The predicted molar refractivity (Wildman–Crippen MR) is 147 cm³/mol. The SMILES string of the molecule is CNc1ccc(S(=O)(=O)N(CC(C)C)C[C@@H](O)[C@H](Cc2ccccc2)NC(=O)O[C@H]2CO[C@H]3OCC[C@H]32)cc1. The first-order chi connectivity index (χ1) is 18.7. The number of hydrogen-bond donors (Lipinski definition) is 3. The molecule has 10 nitrogen and oxygen atoms in total. The lowest BCUT2D eigenvalue weighted by Gasteiger charge is -2.31. The van der Waals surface area contributed by atoms with Crippen LogP contribution in [0.3, 0.4) is 0 Å². The van der Waals surface area contributed by atoms with E-state index >= 15 is 0 Å². The third-order valence-electron chi connectivity index (χ3n) is 7.05. The van der Waals surface area contributed by atoms with Crippen molar-refractivity contribution in [3.05, 3.63) is 60.2 Å². The van der Waals surface area contributed by atoms with Crippen molar-refractivity contribution in [2.75, 3.05) is 38.7 Å². The van der Waals surface area contributed by atoms with Crippen LogP contribution in [0.2, 0.25) is 0 Å². The highest BCUT2D eigenvalue weighted by atomic mass is 32.2. The number of anilines is 1. The molecule has 2 fully saturated rings. The number of nitrogens with zero attached hydrogens (tertiary/aromatic N) is 1. The average Bonchev–Trinajstić information content (AvgIpc) is 3.53. The normalized spacial score (nSPS) is 22.5. The number of nitrogens with one attached hydrogen (secondary N) is 2. The molecule has 0 bridgehead atoms. The van der Waals surface area contributed by atoms with Crippen LogP contribution in [0.1, 0.15) is 25.8 Å². The van der Waals surface area contributed by atoms with Crippen LogP contribution in [-0.2, 0) is 30.7 Å². The Hall–Kier alpha value is -2.70. The van der Waals surface area contributed by atoms with Crippen molar-refractivity contribution in [3.63, 3.8) is 0 Å². The molecule has 214 valence electrons.